The molecule has 5 atom stereocenters. The zero-order valence-electron chi connectivity index (χ0n) is 33.8. The van der Waals surface area contributed by atoms with E-state index in [0.29, 0.717) is 25.8 Å². The molecule has 7 rings (SSSR count). The van der Waals surface area contributed by atoms with Crippen molar-refractivity contribution in [1.29, 1.82) is 0 Å². The first-order chi connectivity index (χ1) is 25.9. The smallest absolute Gasteiger partial charge is 0.315 e. The van der Waals surface area contributed by atoms with Gasteiger partial charge in [0.2, 0.25) is 27.6 Å². The molecule has 0 bridgehead atoms. The third kappa shape index (κ3) is 8.75. The van der Waals surface area contributed by atoms with Gasteiger partial charge in [0, 0.05) is 24.7 Å². The number of carbonyl (C=O) groups excluding carboxylic acids is 5. The summed E-state index contributed by atoms with van der Waals surface area (Å²) in [6, 6.07) is -3.43. The Morgan fingerprint density at radius 3 is 2.00 bits per heavy atom. The average molecular weight is 787 g/mol. The molecule has 1 saturated heterocycles. The number of urea groups is 1. The molecule has 13 nitrogen and oxygen atoms in total. The monoisotopic (exact) mass is 786 g/mol. The van der Waals surface area contributed by atoms with Crippen LogP contribution < -0.4 is 21.3 Å². The number of sulfonamides is 1. The molecule has 6 saturated carbocycles. The van der Waals surface area contributed by atoms with Crippen LogP contribution in [0.5, 0.6) is 0 Å². The number of fused-ring (bicyclic) bond motifs is 1. The lowest BCUT2D eigenvalue weighted by Gasteiger charge is -2.44. The minimum Gasteiger partial charge on any atom is -0.347 e. The molecule has 1 heterocycles. The molecule has 0 aromatic carbocycles. The van der Waals surface area contributed by atoms with Crippen LogP contribution in [0.15, 0.2) is 0 Å². The number of Topliss-reactive ketones (excluding diaryl/α,β-unsaturated/α-hetero) is 1. The third-order valence-corrected chi connectivity index (χ3v) is 16.7. The lowest BCUT2D eigenvalue weighted by atomic mass is 9.70. The maximum Gasteiger partial charge on any atom is 0.315 e. The van der Waals surface area contributed by atoms with Gasteiger partial charge in [0.05, 0.1) is 17.3 Å². The molecule has 0 radical (unpaired) electrons. The van der Waals surface area contributed by atoms with Crippen molar-refractivity contribution in [3.05, 3.63) is 0 Å². The molecular weight excluding hydrogens is 721 g/mol. The summed E-state index contributed by atoms with van der Waals surface area (Å²) in [6.07, 6.45) is 13.7. The van der Waals surface area contributed by atoms with E-state index < -0.39 is 62.7 Å². The Morgan fingerprint density at radius 1 is 0.818 bits per heavy atom. The number of likely N-dealkylation sites (tertiary alicyclic amines) is 1. The van der Waals surface area contributed by atoms with Crippen LogP contribution >= 0.6 is 0 Å². The first-order valence-corrected chi connectivity index (χ1v) is 23.1. The Hall–Kier alpha value is -2.74. The summed E-state index contributed by atoms with van der Waals surface area (Å²) in [5, 5.41) is 12.0. The van der Waals surface area contributed by atoms with Crippen LogP contribution in [0.1, 0.15) is 144 Å². The van der Waals surface area contributed by atoms with Crippen molar-refractivity contribution in [3.63, 3.8) is 0 Å². The summed E-state index contributed by atoms with van der Waals surface area (Å²) >= 11 is 0. The molecule has 7 aliphatic rings. The number of carbonyl (C=O) groups is 5. The van der Waals surface area contributed by atoms with Gasteiger partial charge >= 0.3 is 6.03 Å². The van der Waals surface area contributed by atoms with Gasteiger partial charge in [-0.1, -0.05) is 72.1 Å². The van der Waals surface area contributed by atoms with E-state index in [-0.39, 0.29) is 53.0 Å². The van der Waals surface area contributed by atoms with Crippen LogP contribution in [0.25, 0.3) is 0 Å². The fraction of sp³-hybridized carbons (Fsp3) is 0.878. The van der Waals surface area contributed by atoms with Gasteiger partial charge in [-0.2, -0.15) is 4.31 Å². The van der Waals surface area contributed by atoms with Crippen LogP contribution in [0, 0.1) is 28.6 Å². The summed E-state index contributed by atoms with van der Waals surface area (Å²) in [7, 11) is -3.69. The van der Waals surface area contributed by atoms with Crippen molar-refractivity contribution in [2.45, 2.75) is 186 Å². The number of piperidine rings is 1. The minimum absolute atomic E-state index is 0.0107. The SMILES string of the molecule is CC(C)N(C1CC1)S(=O)(=O)CC1(NC(=O)N[C@H](C(=O)N2C[C@H]3[C@@H]([C@H]2C(=O)N[C@@H](CC2CC2)C(=O)C(=O)NC2CC2)C3(C)C)C2(C)CCCCC2)CCCCC1. The van der Waals surface area contributed by atoms with Gasteiger partial charge in [-0.3, -0.25) is 19.2 Å². The van der Waals surface area contributed by atoms with Crippen LogP contribution in [-0.4, -0.2) is 101 Å². The number of ketones is 1. The van der Waals surface area contributed by atoms with E-state index >= 15 is 4.79 Å². The minimum atomic E-state index is -3.69. The van der Waals surface area contributed by atoms with Gasteiger partial charge in [-0.05, 0) is 100 Å². The Bertz CT molecular complexity index is 1620. The molecule has 5 amide bonds. The highest BCUT2D eigenvalue weighted by Gasteiger charge is 2.70. The van der Waals surface area contributed by atoms with E-state index in [9.17, 15) is 27.6 Å². The van der Waals surface area contributed by atoms with Gasteiger partial charge in [-0.15, -0.1) is 0 Å². The predicted octanol–water partition coefficient (Wildman–Crippen LogP) is 4.15. The van der Waals surface area contributed by atoms with Crippen molar-refractivity contribution in [3.8, 4) is 0 Å². The van der Waals surface area contributed by atoms with Gasteiger partial charge in [0.25, 0.3) is 5.91 Å². The predicted molar refractivity (Wildman–Crippen MR) is 208 cm³/mol. The van der Waals surface area contributed by atoms with Crippen LogP contribution in [0.4, 0.5) is 4.79 Å². The van der Waals surface area contributed by atoms with Crippen molar-refractivity contribution < 1.29 is 32.4 Å². The van der Waals surface area contributed by atoms with E-state index in [1.54, 1.807) is 9.21 Å². The van der Waals surface area contributed by atoms with E-state index in [1.807, 2.05) is 20.8 Å². The molecule has 0 aromatic rings. The Morgan fingerprint density at radius 2 is 1.44 bits per heavy atom. The zero-order chi connectivity index (χ0) is 39.5. The van der Waals surface area contributed by atoms with E-state index in [0.717, 1.165) is 89.9 Å². The van der Waals surface area contributed by atoms with Gasteiger partial charge in [0.15, 0.2) is 0 Å². The highest BCUT2D eigenvalue weighted by molar-refractivity contribution is 7.89. The second-order valence-electron chi connectivity index (χ2n) is 19.7. The Balaban J connectivity index is 1.11. The highest BCUT2D eigenvalue weighted by atomic mass is 32.2. The third-order valence-electron chi connectivity index (χ3n) is 14.4. The standard InChI is InChI=1S/C41H66N6O7S/c1-25(2)47(28-16-17-28)55(53,54)24-41(20-10-7-11-21-41)45-38(52)44-34(40(5)18-8-6-9-19-40)37(51)46-23-29-31(39(29,3)4)32(46)35(49)43-30(22-26-12-13-26)33(48)36(50)42-27-14-15-27/h25-32,34H,6-24H2,1-5H3,(H,42,50)(H,43,49)(H2,44,45,52)/t29-,30-,31-,32-,34+/m0/s1. The maximum absolute atomic E-state index is 15.0. The molecule has 0 spiro atoms. The summed E-state index contributed by atoms with van der Waals surface area (Å²) in [4.78, 5) is 71.6. The topological polar surface area (TPSA) is 174 Å². The van der Waals surface area contributed by atoms with Crippen molar-refractivity contribution in [2.24, 2.45) is 28.6 Å². The maximum atomic E-state index is 15.0. The first kappa shape index (κ1) is 40.5. The summed E-state index contributed by atoms with van der Waals surface area (Å²) in [6.45, 7) is 10.4. The number of rotatable bonds is 16. The lowest BCUT2D eigenvalue weighted by molar-refractivity contribution is -0.146. The molecule has 0 unspecified atom stereocenters. The van der Waals surface area contributed by atoms with E-state index in [1.165, 1.54) is 0 Å². The zero-order valence-corrected chi connectivity index (χ0v) is 34.6. The number of hydrogen-bond acceptors (Lipinski definition) is 7. The second-order valence-corrected chi connectivity index (χ2v) is 21.6. The number of nitrogens with zero attached hydrogens (tertiary/aromatic N) is 2. The molecule has 1 aliphatic heterocycles. The normalized spacial score (nSPS) is 29.1. The van der Waals surface area contributed by atoms with E-state index in [2.05, 4.69) is 35.1 Å². The first-order valence-electron chi connectivity index (χ1n) is 21.5. The molecule has 4 N–H and O–H groups in total. The molecule has 308 valence electrons. The number of nitrogens with one attached hydrogen (secondary N) is 4. The van der Waals surface area contributed by atoms with E-state index in [4.69, 9.17) is 0 Å². The molecule has 55 heavy (non-hydrogen) atoms. The quantitative estimate of drug-likeness (QED) is 0.170. The summed E-state index contributed by atoms with van der Waals surface area (Å²) in [5.41, 5.74) is -1.72. The molecule has 14 heteroatoms. The second kappa shape index (κ2) is 15.2. The summed E-state index contributed by atoms with van der Waals surface area (Å²) < 4.78 is 29.6. The fourth-order valence-corrected chi connectivity index (χ4v) is 13.2. The number of amides is 5. The molecule has 7 fully saturated rings. The van der Waals surface area contributed by atoms with Gasteiger partial charge in [-0.25, -0.2) is 13.2 Å². The fourth-order valence-electron chi connectivity index (χ4n) is 10.6. The summed E-state index contributed by atoms with van der Waals surface area (Å²) in [5.74, 6) is -1.96. The largest absolute Gasteiger partial charge is 0.347 e. The van der Waals surface area contributed by atoms with Crippen LogP contribution in [0.3, 0.4) is 0 Å². The highest BCUT2D eigenvalue weighted by Crippen LogP contribution is 2.65. The average Bonchev–Trinajstić information content (AvgIpc) is 3.93. The molecular formula is C41H66N6O7S. The molecule has 0 aromatic heterocycles. The van der Waals surface area contributed by atoms with Crippen LogP contribution in [-0.2, 0) is 29.2 Å². The van der Waals surface area contributed by atoms with Crippen molar-refractivity contribution in [2.75, 3.05) is 12.3 Å². The van der Waals surface area contributed by atoms with Gasteiger partial charge < -0.3 is 26.2 Å². The van der Waals surface area contributed by atoms with Crippen molar-refractivity contribution >= 4 is 39.6 Å². The molecule has 6 aliphatic carbocycles. The van der Waals surface area contributed by atoms with Crippen LogP contribution in [0.2, 0.25) is 0 Å². The van der Waals surface area contributed by atoms with Crippen molar-refractivity contribution in [1.82, 2.24) is 30.5 Å². The Labute approximate surface area is 328 Å². The van der Waals surface area contributed by atoms with Gasteiger partial charge in [0.1, 0.15) is 12.1 Å². The number of hydrogen-bond donors (Lipinski definition) is 4. The lowest BCUT2D eigenvalue weighted by Crippen LogP contribution is -2.65. The Kier molecular flexibility index (Phi) is 11.2.